The van der Waals surface area contributed by atoms with E-state index in [1.54, 1.807) is 0 Å². The van der Waals surface area contributed by atoms with Crippen molar-refractivity contribution in [2.45, 2.75) is 12.8 Å². The molecule has 0 atom stereocenters. The van der Waals surface area contributed by atoms with E-state index in [-0.39, 0.29) is 0 Å². The lowest BCUT2D eigenvalue weighted by Gasteiger charge is -2.06. The maximum atomic E-state index is 5.42. The van der Waals surface area contributed by atoms with Gasteiger partial charge in [0.25, 0.3) is 0 Å². The Balaban J connectivity index is 2.68. The number of rotatable bonds is 4. The molecule has 0 aromatic heterocycles. The van der Waals surface area contributed by atoms with Crippen LogP contribution in [0.4, 0.5) is 5.69 Å². The van der Waals surface area contributed by atoms with Crippen molar-refractivity contribution < 1.29 is 0 Å². The third-order valence-electron chi connectivity index (χ3n) is 1.82. The van der Waals surface area contributed by atoms with Gasteiger partial charge in [0.1, 0.15) is 0 Å². The minimum absolute atomic E-state index is 0.721. The SMILES string of the molecule is NCCCc1ccccc1NN. The van der Waals surface area contributed by atoms with Gasteiger partial charge in [-0.05, 0) is 31.0 Å². The zero-order valence-corrected chi connectivity index (χ0v) is 7.09. The lowest BCUT2D eigenvalue weighted by molar-refractivity contribution is 0.833. The van der Waals surface area contributed by atoms with Gasteiger partial charge >= 0.3 is 0 Å². The Morgan fingerprint density at radius 2 is 2.00 bits per heavy atom. The molecular weight excluding hydrogens is 150 g/mol. The van der Waals surface area contributed by atoms with Crippen molar-refractivity contribution in [1.29, 1.82) is 0 Å². The van der Waals surface area contributed by atoms with E-state index in [0.717, 1.165) is 25.1 Å². The molecule has 0 unspecified atom stereocenters. The van der Waals surface area contributed by atoms with Crippen LogP contribution in [0, 0.1) is 0 Å². The Morgan fingerprint density at radius 1 is 1.25 bits per heavy atom. The van der Waals surface area contributed by atoms with Gasteiger partial charge in [-0.1, -0.05) is 18.2 Å². The van der Waals surface area contributed by atoms with E-state index in [0.29, 0.717) is 0 Å². The van der Waals surface area contributed by atoms with Crippen LogP contribution in [0.2, 0.25) is 0 Å². The highest BCUT2D eigenvalue weighted by molar-refractivity contribution is 5.49. The lowest BCUT2D eigenvalue weighted by atomic mass is 10.1. The van der Waals surface area contributed by atoms with Crippen molar-refractivity contribution in [3.05, 3.63) is 29.8 Å². The number of hydrogen-bond donors (Lipinski definition) is 3. The summed E-state index contributed by atoms with van der Waals surface area (Å²) in [4.78, 5) is 0. The molecule has 0 aliphatic rings. The minimum atomic E-state index is 0.721. The summed E-state index contributed by atoms with van der Waals surface area (Å²) < 4.78 is 0. The fourth-order valence-electron chi connectivity index (χ4n) is 1.17. The van der Waals surface area contributed by atoms with Crippen LogP contribution >= 0.6 is 0 Å². The van der Waals surface area contributed by atoms with Crippen molar-refractivity contribution in [2.24, 2.45) is 11.6 Å². The summed E-state index contributed by atoms with van der Waals surface area (Å²) in [6.07, 6.45) is 1.98. The first kappa shape index (κ1) is 9.03. The third-order valence-corrected chi connectivity index (χ3v) is 1.82. The van der Waals surface area contributed by atoms with Gasteiger partial charge in [0.2, 0.25) is 0 Å². The number of benzene rings is 1. The summed E-state index contributed by atoms with van der Waals surface area (Å²) in [6, 6.07) is 7.99. The van der Waals surface area contributed by atoms with Crippen LogP contribution in [0.25, 0.3) is 0 Å². The summed E-state index contributed by atoms with van der Waals surface area (Å²) in [5.41, 5.74) is 10.3. The van der Waals surface area contributed by atoms with E-state index in [4.69, 9.17) is 11.6 Å². The molecule has 3 nitrogen and oxygen atoms in total. The summed E-state index contributed by atoms with van der Waals surface area (Å²) in [7, 11) is 0. The number of nitrogens with two attached hydrogens (primary N) is 2. The Hall–Kier alpha value is -1.06. The van der Waals surface area contributed by atoms with Crippen molar-refractivity contribution in [3.8, 4) is 0 Å². The molecule has 5 N–H and O–H groups in total. The van der Waals surface area contributed by atoms with E-state index in [1.165, 1.54) is 5.56 Å². The second kappa shape index (κ2) is 4.74. The second-order valence-electron chi connectivity index (χ2n) is 2.69. The van der Waals surface area contributed by atoms with Gasteiger partial charge in [-0.25, -0.2) is 0 Å². The average molecular weight is 165 g/mol. The maximum Gasteiger partial charge on any atom is 0.0517 e. The van der Waals surface area contributed by atoms with Crippen LogP contribution in [0.3, 0.4) is 0 Å². The molecule has 0 spiro atoms. The summed E-state index contributed by atoms with van der Waals surface area (Å²) in [5, 5.41) is 0. The maximum absolute atomic E-state index is 5.42. The molecular formula is C9H15N3. The Labute approximate surface area is 72.7 Å². The van der Waals surface area contributed by atoms with Crippen LogP contribution in [0.5, 0.6) is 0 Å². The molecule has 0 radical (unpaired) electrons. The molecule has 0 bridgehead atoms. The fourth-order valence-corrected chi connectivity index (χ4v) is 1.17. The highest BCUT2D eigenvalue weighted by atomic mass is 15.2. The largest absolute Gasteiger partial charge is 0.330 e. The van der Waals surface area contributed by atoms with Gasteiger partial charge in [0, 0.05) is 0 Å². The van der Waals surface area contributed by atoms with Crippen LogP contribution in [-0.4, -0.2) is 6.54 Å². The summed E-state index contributed by atoms with van der Waals surface area (Å²) >= 11 is 0. The molecule has 1 rings (SSSR count). The molecule has 1 aromatic carbocycles. The van der Waals surface area contributed by atoms with Gasteiger partial charge in [-0.15, -0.1) is 0 Å². The second-order valence-corrected chi connectivity index (χ2v) is 2.69. The molecule has 12 heavy (non-hydrogen) atoms. The van der Waals surface area contributed by atoms with Gasteiger partial charge in [0.15, 0.2) is 0 Å². The molecule has 0 fully saturated rings. The van der Waals surface area contributed by atoms with Crippen LogP contribution in [-0.2, 0) is 6.42 Å². The summed E-state index contributed by atoms with van der Waals surface area (Å²) in [5.74, 6) is 5.34. The number of nitrogens with one attached hydrogen (secondary N) is 1. The molecule has 0 saturated heterocycles. The molecule has 66 valence electrons. The predicted octanol–water partition coefficient (Wildman–Crippen LogP) is 0.864. The van der Waals surface area contributed by atoms with Crippen molar-refractivity contribution >= 4 is 5.69 Å². The van der Waals surface area contributed by atoms with Gasteiger partial charge in [-0.2, -0.15) is 0 Å². The van der Waals surface area contributed by atoms with Crippen molar-refractivity contribution in [1.82, 2.24) is 0 Å². The van der Waals surface area contributed by atoms with Crippen LogP contribution in [0.1, 0.15) is 12.0 Å². The predicted molar refractivity (Wildman–Crippen MR) is 51.6 cm³/mol. The third kappa shape index (κ3) is 2.22. The number of anilines is 1. The smallest absolute Gasteiger partial charge is 0.0517 e. The van der Waals surface area contributed by atoms with Crippen molar-refractivity contribution in [2.75, 3.05) is 12.0 Å². The molecule has 0 heterocycles. The first-order chi connectivity index (χ1) is 5.88. The Morgan fingerprint density at radius 3 is 2.67 bits per heavy atom. The highest BCUT2D eigenvalue weighted by Gasteiger charge is 1.97. The number of para-hydroxylation sites is 1. The normalized spacial score (nSPS) is 9.83. The zero-order chi connectivity index (χ0) is 8.81. The minimum Gasteiger partial charge on any atom is -0.330 e. The van der Waals surface area contributed by atoms with E-state index in [2.05, 4.69) is 11.5 Å². The van der Waals surface area contributed by atoms with Crippen LogP contribution in [0.15, 0.2) is 24.3 Å². The van der Waals surface area contributed by atoms with E-state index < -0.39 is 0 Å². The molecule has 0 saturated carbocycles. The summed E-state index contributed by atoms with van der Waals surface area (Å²) in [6.45, 7) is 0.721. The number of nitrogen functional groups attached to an aromatic ring is 1. The quantitative estimate of drug-likeness (QED) is 0.458. The Bertz CT molecular complexity index is 235. The monoisotopic (exact) mass is 165 g/mol. The van der Waals surface area contributed by atoms with Crippen LogP contribution < -0.4 is 17.0 Å². The first-order valence-electron chi connectivity index (χ1n) is 4.13. The van der Waals surface area contributed by atoms with Crippen molar-refractivity contribution in [3.63, 3.8) is 0 Å². The molecule has 1 aromatic rings. The molecule has 0 aliphatic heterocycles. The first-order valence-corrected chi connectivity index (χ1v) is 4.13. The van der Waals surface area contributed by atoms with Gasteiger partial charge in [0.05, 0.1) is 5.69 Å². The lowest BCUT2D eigenvalue weighted by Crippen LogP contribution is -2.10. The average Bonchev–Trinajstić information content (AvgIpc) is 2.15. The fraction of sp³-hybridized carbons (Fsp3) is 0.333. The Kier molecular flexibility index (Phi) is 3.57. The van der Waals surface area contributed by atoms with Gasteiger partial charge in [-0.3, -0.25) is 5.84 Å². The van der Waals surface area contributed by atoms with E-state index in [9.17, 15) is 0 Å². The number of hydrogen-bond acceptors (Lipinski definition) is 3. The van der Waals surface area contributed by atoms with Gasteiger partial charge < -0.3 is 11.2 Å². The molecule has 3 heteroatoms. The van der Waals surface area contributed by atoms with E-state index >= 15 is 0 Å². The molecule has 0 aliphatic carbocycles. The topological polar surface area (TPSA) is 64.1 Å². The van der Waals surface area contributed by atoms with E-state index in [1.807, 2.05) is 18.2 Å². The number of aryl methyl sites for hydroxylation is 1. The zero-order valence-electron chi connectivity index (χ0n) is 7.09. The standard InChI is InChI=1S/C9H15N3/c10-7-3-5-8-4-1-2-6-9(8)12-11/h1-2,4,6,12H,3,5,7,10-11H2. The highest BCUT2D eigenvalue weighted by Crippen LogP contribution is 2.14. The molecule has 0 amide bonds. The number of hydrazine groups is 1.